The second kappa shape index (κ2) is 6.59. The number of aromatic amines is 1. The van der Waals surface area contributed by atoms with Crippen LogP contribution in [0.2, 0.25) is 0 Å². The normalized spacial score (nSPS) is 12.8. The fraction of sp³-hybridized carbons (Fsp3) is 0.214. The van der Waals surface area contributed by atoms with E-state index in [0.29, 0.717) is 0 Å². The lowest BCUT2D eigenvalue weighted by molar-refractivity contribution is -0.146. The second-order valence-corrected chi connectivity index (χ2v) is 5.72. The molecule has 3 heterocycles. The summed E-state index contributed by atoms with van der Waals surface area (Å²) >= 11 is 1.23. The van der Waals surface area contributed by atoms with Crippen molar-refractivity contribution in [1.82, 2.24) is 25.1 Å². The number of carbonyl (C=O) groups is 1. The number of amides is 1. The van der Waals surface area contributed by atoms with Crippen molar-refractivity contribution in [1.29, 1.82) is 0 Å². The van der Waals surface area contributed by atoms with Gasteiger partial charge in [0.05, 0.1) is 11.4 Å². The van der Waals surface area contributed by atoms with Crippen LogP contribution in [0.15, 0.2) is 35.5 Å². The van der Waals surface area contributed by atoms with E-state index in [-0.39, 0.29) is 23.0 Å². The first-order valence-corrected chi connectivity index (χ1v) is 7.93. The Labute approximate surface area is 143 Å². The molecule has 3 aromatic heterocycles. The molecule has 3 aromatic rings. The van der Waals surface area contributed by atoms with Gasteiger partial charge in [-0.3, -0.25) is 9.78 Å². The van der Waals surface area contributed by atoms with E-state index in [1.54, 1.807) is 5.38 Å². The monoisotopic (exact) mass is 368 g/mol. The average Bonchev–Trinajstić information content (AvgIpc) is 3.28. The molecule has 11 heteroatoms. The molecule has 0 saturated carbocycles. The standard InChI is InChI=1S/C14H11F3N6OS/c1-8(14(15,16)17)9-3-2-4-18-11(9)12(24)23(10-5-25-7-20-10)13-19-6-21-22-13/h2-8H,1H3,(H,19,21,22). The average molecular weight is 368 g/mol. The molecule has 0 aliphatic rings. The highest BCUT2D eigenvalue weighted by Crippen LogP contribution is 2.36. The Morgan fingerprint density at radius 2 is 2.12 bits per heavy atom. The molecule has 1 N–H and O–H groups in total. The number of H-pyrrole nitrogens is 1. The summed E-state index contributed by atoms with van der Waals surface area (Å²) in [7, 11) is 0. The Hall–Kier alpha value is -2.82. The lowest BCUT2D eigenvalue weighted by Gasteiger charge is -2.21. The molecule has 25 heavy (non-hydrogen) atoms. The maximum absolute atomic E-state index is 13.1. The van der Waals surface area contributed by atoms with Crippen molar-refractivity contribution in [2.75, 3.05) is 4.90 Å². The number of nitrogens with one attached hydrogen (secondary N) is 1. The first kappa shape index (κ1) is 17.0. The van der Waals surface area contributed by atoms with E-state index in [0.717, 1.165) is 11.8 Å². The lowest BCUT2D eigenvalue weighted by atomic mass is 9.98. The molecule has 130 valence electrons. The van der Waals surface area contributed by atoms with Crippen LogP contribution in [0.4, 0.5) is 24.9 Å². The topological polar surface area (TPSA) is 87.7 Å². The Bertz CT molecular complexity index is 816. The van der Waals surface area contributed by atoms with Gasteiger partial charge in [0, 0.05) is 11.6 Å². The molecule has 0 fully saturated rings. The summed E-state index contributed by atoms with van der Waals surface area (Å²) in [5.74, 6) is -2.39. The molecule has 1 atom stereocenters. The van der Waals surface area contributed by atoms with Gasteiger partial charge in [0.25, 0.3) is 5.91 Å². The molecule has 0 bridgehead atoms. The van der Waals surface area contributed by atoms with Crippen molar-refractivity contribution in [3.63, 3.8) is 0 Å². The Morgan fingerprint density at radius 3 is 2.72 bits per heavy atom. The highest BCUT2D eigenvalue weighted by Gasteiger charge is 2.40. The number of nitrogens with zero attached hydrogens (tertiary/aromatic N) is 5. The van der Waals surface area contributed by atoms with Gasteiger partial charge in [0.1, 0.15) is 12.0 Å². The van der Waals surface area contributed by atoms with Crippen LogP contribution < -0.4 is 4.90 Å². The molecule has 0 spiro atoms. The number of alkyl halides is 3. The smallest absolute Gasteiger partial charge is 0.266 e. The number of hydrogen-bond donors (Lipinski definition) is 1. The number of hydrogen-bond acceptors (Lipinski definition) is 6. The predicted octanol–water partition coefficient (Wildman–Crippen LogP) is 3.30. The minimum atomic E-state index is -4.50. The Kier molecular flexibility index (Phi) is 4.49. The summed E-state index contributed by atoms with van der Waals surface area (Å²) in [5.41, 5.74) is 0.945. The molecule has 0 aromatic carbocycles. The van der Waals surface area contributed by atoms with Crippen molar-refractivity contribution < 1.29 is 18.0 Å². The van der Waals surface area contributed by atoms with Gasteiger partial charge in [-0.1, -0.05) is 6.07 Å². The molecule has 7 nitrogen and oxygen atoms in total. The largest absolute Gasteiger partial charge is 0.395 e. The molecule has 0 aliphatic carbocycles. The summed E-state index contributed by atoms with van der Waals surface area (Å²) in [6.45, 7) is 0.982. The van der Waals surface area contributed by atoms with E-state index in [1.165, 1.54) is 41.5 Å². The van der Waals surface area contributed by atoms with Crippen molar-refractivity contribution in [3.8, 4) is 0 Å². The lowest BCUT2D eigenvalue weighted by Crippen LogP contribution is -2.31. The maximum atomic E-state index is 13.1. The van der Waals surface area contributed by atoms with E-state index in [4.69, 9.17) is 0 Å². The first-order chi connectivity index (χ1) is 11.9. The van der Waals surface area contributed by atoms with Crippen molar-refractivity contribution in [3.05, 3.63) is 46.8 Å². The third kappa shape index (κ3) is 3.36. The van der Waals surface area contributed by atoms with Crippen LogP contribution in [0.1, 0.15) is 28.9 Å². The van der Waals surface area contributed by atoms with Gasteiger partial charge >= 0.3 is 6.18 Å². The van der Waals surface area contributed by atoms with Crippen molar-refractivity contribution in [2.24, 2.45) is 0 Å². The van der Waals surface area contributed by atoms with Crippen LogP contribution in [0.3, 0.4) is 0 Å². The van der Waals surface area contributed by atoms with Gasteiger partial charge in [-0.15, -0.1) is 11.3 Å². The van der Waals surface area contributed by atoms with Crippen LogP contribution in [0, 0.1) is 0 Å². The predicted molar refractivity (Wildman–Crippen MR) is 83.7 cm³/mol. The maximum Gasteiger partial charge on any atom is 0.395 e. The fourth-order valence-electron chi connectivity index (χ4n) is 2.16. The number of aromatic nitrogens is 5. The van der Waals surface area contributed by atoms with E-state index in [9.17, 15) is 18.0 Å². The molecule has 0 saturated heterocycles. The number of carbonyl (C=O) groups excluding carboxylic acids is 1. The van der Waals surface area contributed by atoms with Crippen LogP contribution in [-0.4, -0.2) is 37.2 Å². The zero-order chi connectivity index (χ0) is 18.0. The van der Waals surface area contributed by atoms with Gasteiger partial charge < -0.3 is 0 Å². The molecule has 0 radical (unpaired) electrons. The highest BCUT2D eigenvalue weighted by molar-refractivity contribution is 7.07. The minimum Gasteiger partial charge on any atom is -0.266 e. The first-order valence-electron chi connectivity index (χ1n) is 6.99. The molecule has 1 amide bonds. The number of halogens is 3. The van der Waals surface area contributed by atoms with Crippen LogP contribution >= 0.6 is 11.3 Å². The van der Waals surface area contributed by atoms with Crippen molar-refractivity contribution in [2.45, 2.75) is 19.0 Å². The van der Waals surface area contributed by atoms with Gasteiger partial charge in [-0.2, -0.15) is 23.3 Å². The van der Waals surface area contributed by atoms with E-state index in [2.05, 4.69) is 25.1 Å². The highest BCUT2D eigenvalue weighted by atomic mass is 32.1. The van der Waals surface area contributed by atoms with E-state index < -0.39 is 18.0 Å². The summed E-state index contributed by atoms with van der Waals surface area (Å²) < 4.78 is 39.4. The van der Waals surface area contributed by atoms with Crippen LogP contribution in [0.5, 0.6) is 0 Å². The van der Waals surface area contributed by atoms with Gasteiger partial charge in [-0.05, 0) is 18.6 Å². The molecular formula is C14H11F3N6OS. The third-order valence-corrected chi connectivity index (χ3v) is 4.04. The van der Waals surface area contributed by atoms with E-state index >= 15 is 0 Å². The minimum absolute atomic E-state index is 0.0344. The zero-order valence-electron chi connectivity index (χ0n) is 12.7. The summed E-state index contributed by atoms with van der Waals surface area (Å²) in [5, 5.41) is 7.75. The fourth-order valence-corrected chi connectivity index (χ4v) is 2.68. The SMILES string of the molecule is CC(c1cccnc1C(=O)N(c1cscn1)c1ncn[nH]1)C(F)(F)F. The third-order valence-electron chi connectivity index (χ3n) is 3.46. The van der Waals surface area contributed by atoms with Crippen LogP contribution in [-0.2, 0) is 0 Å². The summed E-state index contributed by atoms with van der Waals surface area (Å²) in [6, 6.07) is 2.59. The molecular weight excluding hydrogens is 357 g/mol. The number of thiazole rings is 1. The quantitative estimate of drug-likeness (QED) is 0.763. The summed E-state index contributed by atoms with van der Waals surface area (Å²) in [6.07, 6.45) is -2.06. The Balaban J connectivity index is 2.08. The number of anilines is 2. The van der Waals surface area contributed by atoms with E-state index in [1.807, 2.05) is 0 Å². The molecule has 1 unspecified atom stereocenters. The van der Waals surface area contributed by atoms with Gasteiger partial charge in [0.15, 0.2) is 5.82 Å². The van der Waals surface area contributed by atoms with Gasteiger partial charge in [-0.25, -0.2) is 15.0 Å². The molecule has 3 rings (SSSR count). The number of rotatable bonds is 4. The zero-order valence-corrected chi connectivity index (χ0v) is 13.5. The number of pyridine rings is 1. The molecule has 0 aliphatic heterocycles. The van der Waals surface area contributed by atoms with Gasteiger partial charge in [0.2, 0.25) is 5.95 Å². The Morgan fingerprint density at radius 1 is 1.32 bits per heavy atom. The van der Waals surface area contributed by atoms with Crippen LogP contribution in [0.25, 0.3) is 0 Å². The second-order valence-electron chi connectivity index (χ2n) is 5.00. The summed E-state index contributed by atoms with van der Waals surface area (Å²) in [4.78, 5) is 25.8. The van der Waals surface area contributed by atoms with Crippen molar-refractivity contribution >= 4 is 29.0 Å².